The molecule has 3 rings (SSSR count). The number of carboxylic acids is 1. The Bertz CT molecular complexity index is 444. The molecule has 2 saturated carbocycles. The van der Waals surface area contributed by atoms with Crippen LogP contribution < -0.4 is 5.32 Å². The van der Waals surface area contributed by atoms with E-state index in [1.54, 1.807) is 0 Å². The number of nitrogens with one attached hydrogen (secondary N) is 1. The minimum absolute atomic E-state index is 0.0128. The lowest BCUT2D eigenvalue weighted by atomic mass is 9.83. The zero-order chi connectivity index (χ0) is 12.6. The second-order valence-electron chi connectivity index (χ2n) is 5.51. The standard InChI is InChI=1S/C13H17N3O2/c17-12(18)10-7-15-11(8-14-10)16-9-1-3-13(4-2-9)5-6-13/h7-9H,1-6H2,(H,15,16)(H,17,18). The summed E-state index contributed by atoms with van der Waals surface area (Å²) in [6.45, 7) is 0. The van der Waals surface area contributed by atoms with Crippen molar-refractivity contribution in [3.63, 3.8) is 0 Å². The molecule has 0 unspecified atom stereocenters. The van der Waals surface area contributed by atoms with Gasteiger partial charge in [-0.1, -0.05) is 0 Å². The molecule has 0 atom stereocenters. The number of rotatable bonds is 3. The van der Waals surface area contributed by atoms with Gasteiger partial charge in [-0.05, 0) is 43.9 Å². The van der Waals surface area contributed by atoms with Crippen LogP contribution in [0.4, 0.5) is 5.82 Å². The molecule has 1 aromatic rings. The number of aromatic nitrogens is 2. The molecule has 0 amide bonds. The highest BCUT2D eigenvalue weighted by atomic mass is 16.4. The van der Waals surface area contributed by atoms with Crippen LogP contribution >= 0.6 is 0 Å². The number of hydrogen-bond donors (Lipinski definition) is 2. The molecule has 1 heterocycles. The molecule has 0 aliphatic heterocycles. The Morgan fingerprint density at radius 1 is 1.22 bits per heavy atom. The highest BCUT2D eigenvalue weighted by molar-refractivity contribution is 5.84. The molecule has 5 nitrogen and oxygen atoms in total. The van der Waals surface area contributed by atoms with E-state index in [1.165, 1.54) is 50.9 Å². The Labute approximate surface area is 106 Å². The minimum Gasteiger partial charge on any atom is -0.476 e. The Morgan fingerprint density at radius 2 is 1.94 bits per heavy atom. The largest absolute Gasteiger partial charge is 0.476 e. The van der Waals surface area contributed by atoms with E-state index in [0.29, 0.717) is 17.3 Å². The van der Waals surface area contributed by atoms with Crippen LogP contribution in [0.25, 0.3) is 0 Å². The average Bonchev–Trinajstić information content (AvgIpc) is 3.13. The number of anilines is 1. The third-order valence-corrected chi connectivity index (χ3v) is 4.23. The maximum Gasteiger partial charge on any atom is 0.356 e. The molecule has 5 heteroatoms. The summed E-state index contributed by atoms with van der Waals surface area (Å²) in [4.78, 5) is 18.6. The monoisotopic (exact) mass is 247 g/mol. The van der Waals surface area contributed by atoms with Gasteiger partial charge in [0.25, 0.3) is 0 Å². The van der Waals surface area contributed by atoms with E-state index in [0.717, 1.165) is 0 Å². The number of nitrogens with zero attached hydrogens (tertiary/aromatic N) is 2. The fraction of sp³-hybridized carbons (Fsp3) is 0.615. The summed E-state index contributed by atoms with van der Waals surface area (Å²) in [5, 5.41) is 12.1. The van der Waals surface area contributed by atoms with E-state index in [-0.39, 0.29) is 5.69 Å². The normalized spacial score (nSPS) is 21.8. The van der Waals surface area contributed by atoms with Gasteiger partial charge in [0, 0.05) is 6.04 Å². The summed E-state index contributed by atoms with van der Waals surface area (Å²) in [5.74, 6) is -0.362. The van der Waals surface area contributed by atoms with Crippen LogP contribution in [-0.4, -0.2) is 27.1 Å². The highest BCUT2D eigenvalue weighted by Gasteiger charge is 2.44. The minimum atomic E-state index is -1.04. The summed E-state index contributed by atoms with van der Waals surface area (Å²) in [6, 6.07) is 0.459. The van der Waals surface area contributed by atoms with Gasteiger partial charge in [0.2, 0.25) is 0 Å². The number of carbonyl (C=O) groups is 1. The van der Waals surface area contributed by atoms with Gasteiger partial charge < -0.3 is 10.4 Å². The molecule has 2 aliphatic rings. The fourth-order valence-electron chi connectivity index (χ4n) is 2.77. The molecule has 0 aromatic carbocycles. The van der Waals surface area contributed by atoms with E-state index in [4.69, 9.17) is 5.11 Å². The third-order valence-electron chi connectivity index (χ3n) is 4.23. The van der Waals surface area contributed by atoms with E-state index < -0.39 is 5.97 Å². The summed E-state index contributed by atoms with van der Waals surface area (Å²) in [5.41, 5.74) is 0.679. The van der Waals surface area contributed by atoms with Crippen LogP contribution in [0.2, 0.25) is 0 Å². The zero-order valence-electron chi connectivity index (χ0n) is 10.2. The molecule has 0 saturated heterocycles. The first-order valence-corrected chi connectivity index (χ1v) is 6.49. The van der Waals surface area contributed by atoms with Gasteiger partial charge in [-0.2, -0.15) is 0 Å². The second-order valence-corrected chi connectivity index (χ2v) is 5.51. The molecular weight excluding hydrogens is 230 g/mol. The molecular formula is C13H17N3O2. The third kappa shape index (κ3) is 2.30. The van der Waals surface area contributed by atoms with Gasteiger partial charge in [0.05, 0.1) is 12.4 Å². The first-order chi connectivity index (χ1) is 8.67. The van der Waals surface area contributed by atoms with E-state index in [9.17, 15) is 4.79 Å². The summed E-state index contributed by atoms with van der Waals surface area (Å²) < 4.78 is 0. The van der Waals surface area contributed by atoms with Gasteiger partial charge >= 0.3 is 5.97 Å². The van der Waals surface area contributed by atoms with Crippen LogP contribution in [0, 0.1) is 5.41 Å². The molecule has 18 heavy (non-hydrogen) atoms. The van der Waals surface area contributed by atoms with Crippen molar-refractivity contribution < 1.29 is 9.90 Å². The molecule has 2 N–H and O–H groups in total. The molecule has 0 bridgehead atoms. The Kier molecular flexibility index (Phi) is 2.69. The van der Waals surface area contributed by atoms with Crippen molar-refractivity contribution in [1.29, 1.82) is 0 Å². The number of carboxylic acid groups (broad SMARTS) is 1. The molecule has 1 spiro atoms. The van der Waals surface area contributed by atoms with E-state index >= 15 is 0 Å². The smallest absolute Gasteiger partial charge is 0.356 e. The molecule has 0 radical (unpaired) electrons. The van der Waals surface area contributed by atoms with Crippen molar-refractivity contribution in [2.75, 3.05) is 5.32 Å². The SMILES string of the molecule is O=C(O)c1cnc(NC2CCC3(CC2)CC3)cn1. The Balaban J connectivity index is 1.57. The lowest BCUT2D eigenvalue weighted by Crippen LogP contribution is -2.27. The first kappa shape index (κ1) is 11.4. The number of aromatic carboxylic acids is 1. The van der Waals surface area contributed by atoms with Crippen LogP contribution in [0.15, 0.2) is 12.4 Å². The van der Waals surface area contributed by atoms with Crippen molar-refractivity contribution in [2.45, 2.75) is 44.6 Å². The van der Waals surface area contributed by atoms with Crippen molar-refractivity contribution in [2.24, 2.45) is 5.41 Å². The second kappa shape index (κ2) is 4.23. The quantitative estimate of drug-likeness (QED) is 0.857. The van der Waals surface area contributed by atoms with Gasteiger partial charge in [0.15, 0.2) is 5.69 Å². The summed E-state index contributed by atoms with van der Waals surface area (Å²) in [7, 11) is 0. The van der Waals surface area contributed by atoms with Crippen LogP contribution in [0.3, 0.4) is 0 Å². The van der Waals surface area contributed by atoms with E-state index in [1.807, 2.05) is 0 Å². The Hall–Kier alpha value is -1.65. The van der Waals surface area contributed by atoms with Crippen molar-refractivity contribution >= 4 is 11.8 Å². The van der Waals surface area contributed by atoms with Crippen molar-refractivity contribution in [1.82, 2.24) is 9.97 Å². The van der Waals surface area contributed by atoms with Gasteiger partial charge in [-0.25, -0.2) is 14.8 Å². The highest BCUT2D eigenvalue weighted by Crippen LogP contribution is 2.56. The number of hydrogen-bond acceptors (Lipinski definition) is 4. The molecule has 1 aromatic heterocycles. The van der Waals surface area contributed by atoms with Gasteiger partial charge in [0.1, 0.15) is 5.82 Å². The average molecular weight is 247 g/mol. The van der Waals surface area contributed by atoms with Gasteiger partial charge in [-0.15, -0.1) is 0 Å². The van der Waals surface area contributed by atoms with E-state index in [2.05, 4.69) is 15.3 Å². The molecule has 96 valence electrons. The maximum atomic E-state index is 10.7. The van der Waals surface area contributed by atoms with Crippen molar-refractivity contribution in [3.8, 4) is 0 Å². The topological polar surface area (TPSA) is 75.1 Å². The first-order valence-electron chi connectivity index (χ1n) is 6.49. The van der Waals surface area contributed by atoms with Gasteiger partial charge in [-0.3, -0.25) is 0 Å². The zero-order valence-corrected chi connectivity index (χ0v) is 10.2. The predicted octanol–water partition coefficient (Wildman–Crippen LogP) is 2.31. The van der Waals surface area contributed by atoms with Crippen molar-refractivity contribution in [3.05, 3.63) is 18.1 Å². The Morgan fingerprint density at radius 3 is 2.44 bits per heavy atom. The summed E-state index contributed by atoms with van der Waals surface area (Å²) in [6.07, 6.45) is 10.6. The fourth-order valence-corrected chi connectivity index (χ4v) is 2.77. The lowest BCUT2D eigenvalue weighted by Gasteiger charge is -2.29. The lowest BCUT2D eigenvalue weighted by molar-refractivity contribution is 0.0690. The maximum absolute atomic E-state index is 10.7. The predicted molar refractivity (Wildman–Crippen MR) is 66.5 cm³/mol. The van der Waals surface area contributed by atoms with Crippen LogP contribution in [-0.2, 0) is 0 Å². The summed E-state index contributed by atoms with van der Waals surface area (Å²) >= 11 is 0. The van der Waals surface area contributed by atoms with Crippen LogP contribution in [0.1, 0.15) is 49.0 Å². The van der Waals surface area contributed by atoms with Crippen LogP contribution in [0.5, 0.6) is 0 Å². The molecule has 2 aliphatic carbocycles. The molecule has 2 fully saturated rings.